The van der Waals surface area contributed by atoms with Gasteiger partial charge in [0.1, 0.15) is 18.3 Å². The van der Waals surface area contributed by atoms with Crippen molar-refractivity contribution < 1.29 is 41.8 Å². The highest BCUT2D eigenvalue weighted by molar-refractivity contribution is 7.48. The predicted molar refractivity (Wildman–Crippen MR) is 280 cm³/mol. The molecule has 5 aromatic carbocycles. The standard InChI is InChI=1S/C60H81O9P/c1-2-3-4-5-6-7-8-9-10-11-12-13-14-30-43-62-49-56(63-44-51-31-20-15-21-32-51)50-68-70(61,67-48-55-39-28-19-29-40-55)69-58-42-41-57(64-45-52-33-22-16-23-34-52)59(65-46-53-35-24-17-25-36-53)60(58)66-47-54-37-26-18-27-38-54/h15-29,31-40,56-60H,2-14,30,41-50H2,1H3/t56-,57-,58-,59+,60+,70?/m1/s1. The molecule has 0 saturated heterocycles. The van der Waals surface area contributed by atoms with Gasteiger partial charge in [-0.3, -0.25) is 13.6 Å². The van der Waals surface area contributed by atoms with Gasteiger partial charge in [0.05, 0.1) is 58.5 Å². The van der Waals surface area contributed by atoms with Crippen LogP contribution in [0.15, 0.2) is 152 Å². The summed E-state index contributed by atoms with van der Waals surface area (Å²) in [5, 5.41) is 0. The zero-order valence-corrected chi connectivity index (χ0v) is 42.8. The number of hydrogen-bond donors (Lipinski definition) is 0. The van der Waals surface area contributed by atoms with Crippen molar-refractivity contribution in [3.63, 3.8) is 0 Å². The molecule has 70 heavy (non-hydrogen) atoms. The van der Waals surface area contributed by atoms with Gasteiger partial charge in [0.2, 0.25) is 0 Å². The van der Waals surface area contributed by atoms with Crippen LogP contribution in [0.1, 0.15) is 137 Å². The Balaban J connectivity index is 1.11. The van der Waals surface area contributed by atoms with Gasteiger partial charge in [0.25, 0.3) is 0 Å². The van der Waals surface area contributed by atoms with E-state index in [9.17, 15) is 0 Å². The van der Waals surface area contributed by atoms with E-state index in [0.29, 0.717) is 39.3 Å². The van der Waals surface area contributed by atoms with E-state index in [-0.39, 0.29) is 32.5 Å². The van der Waals surface area contributed by atoms with Crippen molar-refractivity contribution in [3.8, 4) is 0 Å². The van der Waals surface area contributed by atoms with Crippen LogP contribution in [-0.2, 0) is 74.9 Å². The lowest BCUT2D eigenvalue weighted by Crippen LogP contribution is -2.53. The summed E-state index contributed by atoms with van der Waals surface area (Å²) in [6.45, 7) is 4.46. The molecule has 0 radical (unpaired) electrons. The first-order valence-corrected chi connectivity index (χ1v) is 27.8. The summed E-state index contributed by atoms with van der Waals surface area (Å²) in [6.07, 6.45) is 16.3. The molecule has 6 atom stereocenters. The van der Waals surface area contributed by atoms with Gasteiger partial charge in [0, 0.05) is 6.61 Å². The largest absolute Gasteiger partial charge is 0.475 e. The minimum absolute atomic E-state index is 0.0162. The summed E-state index contributed by atoms with van der Waals surface area (Å²) in [7, 11) is -4.31. The topological polar surface area (TPSA) is 90.9 Å². The molecule has 0 aromatic heterocycles. The van der Waals surface area contributed by atoms with E-state index in [4.69, 9.17) is 37.3 Å². The van der Waals surface area contributed by atoms with E-state index in [0.717, 1.165) is 40.7 Å². The normalized spacial score (nSPS) is 18.4. The van der Waals surface area contributed by atoms with Crippen molar-refractivity contribution in [1.82, 2.24) is 0 Å². The van der Waals surface area contributed by atoms with E-state index < -0.39 is 32.2 Å². The van der Waals surface area contributed by atoms with Crippen molar-refractivity contribution in [1.29, 1.82) is 0 Å². The first-order valence-electron chi connectivity index (χ1n) is 26.4. The zero-order valence-electron chi connectivity index (χ0n) is 41.9. The fourth-order valence-corrected chi connectivity index (χ4v) is 10.2. The van der Waals surface area contributed by atoms with E-state index in [2.05, 4.69) is 19.1 Å². The second-order valence-corrected chi connectivity index (χ2v) is 20.3. The van der Waals surface area contributed by atoms with E-state index >= 15 is 4.57 Å². The van der Waals surface area contributed by atoms with Crippen LogP contribution < -0.4 is 0 Å². The average molecular weight is 977 g/mol. The fourth-order valence-electron chi connectivity index (χ4n) is 8.80. The third-order valence-corrected chi connectivity index (χ3v) is 14.3. The Labute approximate surface area is 420 Å². The van der Waals surface area contributed by atoms with Crippen molar-refractivity contribution in [3.05, 3.63) is 179 Å². The summed E-state index contributed by atoms with van der Waals surface area (Å²) in [5.74, 6) is 0. The monoisotopic (exact) mass is 977 g/mol. The highest BCUT2D eigenvalue weighted by Gasteiger charge is 2.46. The molecule has 0 amide bonds. The van der Waals surface area contributed by atoms with Gasteiger partial charge in [-0.2, -0.15) is 0 Å². The van der Waals surface area contributed by atoms with Gasteiger partial charge >= 0.3 is 7.82 Å². The predicted octanol–water partition coefficient (Wildman–Crippen LogP) is 15.3. The number of phosphoric acid groups is 1. The smallest absolute Gasteiger partial charge is 0.379 e. The van der Waals surface area contributed by atoms with Crippen LogP contribution >= 0.6 is 7.82 Å². The lowest BCUT2D eigenvalue weighted by atomic mass is 9.89. The van der Waals surface area contributed by atoms with Gasteiger partial charge in [-0.25, -0.2) is 4.57 Å². The fraction of sp³-hybridized carbons (Fsp3) is 0.500. The molecule has 1 aliphatic carbocycles. The van der Waals surface area contributed by atoms with Crippen LogP contribution in [0.3, 0.4) is 0 Å². The van der Waals surface area contributed by atoms with Gasteiger partial charge < -0.3 is 23.7 Å². The second-order valence-electron chi connectivity index (χ2n) is 18.7. The lowest BCUT2D eigenvalue weighted by Gasteiger charge is -2.42. The number of hydrogen-bond acceptors (Lipinski definition) is 9. The summed E-state index contributed by atoms with van der Waals surface area (Å²) >= 11 is 0. The van der Waals surface area contributed by atoms with Crippen LogP contribution in [0.25, 0.3) is 0 Å². The molecule has 1 fully saturated rings. The molecule has 5 aromatic rings. The van der Waals surface area contributed by atoms with Crippen molar-refractivity contribution >= 4 is 7.82 Å². The maximum absolute atomic E-state index is 15.3. The lowest BCUT2D eigenvalue weighted by molar-refractivity contribution is -0.200. The summed E-state index contributed by atoms with van der Waals surface area (Å²) < 4.78 is 67.6. The van der Waals surface area contributed by atoms with Crippen LogP contribution in [-0.4, -0.2) is 50.3 Å². The Morgan fingerprint density at radius 3 is 1.29 bits per heavy atom. The molecule has 10 heteroatoms. The summed E-state index contributed by atoms with van der Waals surface area (Å²) in [6, 6.07) is 49.8. The van der Waals surface area contributed by atoms with Crippen LogP contribution in [0, 0.1) is 0 Å². The van der Waals surface area contributed by atoms with Crippen molar-refractivity contribution in [2.24, 2.45) is 0 Å². The molecular formula is C60H81O9P. The molecule has 0 aliphatic heterocycles. The zero-order chi connectivity index (χ0) is 48.6. The molecule has 0 spiro atoms. The first-order chi connectivity index (χ1) is 34.6. The summed E-state index contributed by atoms with van der Waals surface area (Å²) in [4.78, 5) is 0. The molecule has 1 saturated carbocycles. The van der Waals surface area contributed by atoms with Gasteiger partial charge in [-0.05, 0) is 47.1 Å². The molecule has 0 N–H and O–H groups in total. The number of unbranched alkanes of at least 4 members (excludes halogenated alkanes) is 13. The quantitative estimate of drug-likeness (QED) is 0.0285. The molecule has 6 rings (SSSR count). The minimum Gasteiger partial charge on any atom is -0.379 e. The van der Waals surface area contributed by atoms with E-state index in [1.165, 1.54) is 77.0 Å². The van der Waals surface area contributed by atoms with E-state index in [1.54, 1.807) is 0 Å². The number of phosphoric ester groups is 1. The Morgan fingerprint density at radius 2 is 0.814 bits per heavy atom. The average Bonchev–Trinajstić information content (AvgIpc) is 3.41. The van der Waals surface area contributed by atoms with Crippen LogP contribution in [0.5, 0.6) is 0 Å². The molecule has 0 heterocycles. The molecule has 1 unspecified atom stereocenters. The highest BCUT2D eigenvalue weighted by atomic mass is 31.2. The van der Waals surface area contributed by atoms with Crippen LogP contribution in [0.2, 0.25) is 0 Å². The maximum Gasteiger partial charge on any atom is 0.475 e. The molecular weight excluding hydrogens is 896 g/mol. The highest BCUT2D eigenvalue weighted by Crippen LogP contribution is 2.53. The third-order valence-electron chi connectivity index (χ3n) is 12.9. The van der Waals surface area contributed by atoms with E-state index in [1.807, 2.05) is 140 Å². The second kappa shape index (κ2) is 33.6. The molecule has 1 aliphatic rings. The molecule has 0 bridgehead atoms. The van der Waals surface area contributed by atoms with Crippen molar-refractivity contribution in [2.45, 2.75) is 173 Å². The minimum atomic E-state index is -4.31. The number of benzene rings is 5. The van der Waals surface area contributed by atoms with Gasteiger partial charge in [0.15, 0.2) is 0 Å². The third kappa shape index (κ3) is 21.8. The van der Waals surface area contributed by atoms with Gasteiger partial charge in [-0.1, -0.05) is 242 Å². The maximum atomic E-state index is 15.3. The Kier molecular flexibility index (Phi) is 26.6. The Morgan fingerprint density at radius 1 is 0.429 bits per heavy atom. The number of rotatable bonds is 37. The van der Waals surface area contributed by atoms with Crippen molar-refractivity contribution in [2.75, 3.05) is 19.8 Å². The van der Waals surface area contributed by atoms with Gasteiger partial charge in [-0.15, -0.1) is 0 Å². The number of ether oxygens (including phenoxy) is 5. The molecule has 380 valence electrons. The molecule has 9 nitrogen and oxygen atoms in total. The SMILES string of the molecule is CCCCCCCCCCCCCCCCOC[C@H](COP(=O)(OCc1ccccc1)O[C@@H]1CC[C@@H](OCc2ccccc2)[C@H](OCc2ccccc2)[C@H]1OCc1ccccc1)OCc1ccccc1. The first kappa shape index (κ1) is 55.3. The Hall–Kier alpha value is -3.99. The summed E-state index contributed by atoms with van der Waals surface area (Å²) in [5.41, 5.74) is 4.92. The van der Waals surface area contributed by atoms with Crippen LogP contribution in [0.4, 0.5) is 0 Å². The Bertz CT molecular complexity index is 2080.